The van der Waals surface area contributed by atoms with E-state index in [1.54, 1.807) is 24.7 Å². The molecular formula is C24H24N4O2S2. The van der Waals surface area contributed by atoms with Crippen molar-refractivity contribution < 1.29 is 8.42 Å². The molecule has 2 aromatic heterocycles. The third-order valence-corrected chi connectivity index (χ3v) is 9.47. The van der Waals surface area contributed by atoms with Crippen molar-refractivity contribution in [2.75, 3.05) is 5.01 Å². The van der Waals surface area contributed by atoms with Gasteiger partial charge in [-0.3, -0.25) is 0 Å². The summed E-state index contributed by atoms with van der Waals surface area (Å²) in [7, 11) is -3.53. The highest BCUT2D eigenvalue weighted by atomic mass is 32.2. The Hall–Kier alpha value is -2.94. The molecule has 2 unspecified atom stereocenters. The van der Waals surface area contributed by atoms with E-state index in [1.807, 2.05) is 60.0 Å². The van der Waals surface area contributed by atoms with Gasteiger partial charge in [-0.25, -0.2) is 18.8 Å². The van der Waals surface area contributed by atoms with E-state index in [9.17, 15) is 8.42 Å². The summed E-state index contributed by atoms with van der Waals surface area (Å²) in [5, 5.41) is 3.27. The first-order valence-corrected chi connectivity index (χ1v) is 12.9. The van der Waals surface area contributed by atoms with Crippen molar-refractivity contribution >= 4 is 26.9 Å². The second-order valence-corrected chi connectivity index (χ2v) is 11.3. The fourth-order valence-corrected chi connectivity index (χ4v) is 7.35. The second kappa shape index (κ2) is 8.90. The van der Waals surface area contributed by atoms with Gasteiger partial charge in [0.25, 0.3) is 0 Å². The zero-order valence-corrected chi connectivity index (χ0v) is 19.0. The van der Waals surface area contributed by atoms with Crippen LogP contribution in [0.4, 0.5) is 5.69 Å². The maximum atomic E-state index is 13.8. The molecule has 5 rings (SSSR count). The van der Waals surface area contributed by atoms with E-state index in [0.29, 0.717) is 23.6 Å². The zero-order chi connectivity index (χ0) is 22.0. The number of aromatic nitrogens is 2. The highest BCUT2D eigenvalue weighted by molar-refractivity contribution is 7.94. The summed E-state index contributed by atoms with van der Waals surface area (Å²) < 4.78 is 28.0. The summed E-state index contributed by atoms with van der Waals surface area (Å²) in [6, 6.07) is 21.3. The number of hydrogen-bond donors (Lipinski definition) is 2. The first-order valence-electron chi connectivity index (χ1n) is 10.5. The summed E-state index contributed by atoms with van der Waals surface area (Å²) in [6.07, 6.45) is 4.50. The molecule has 1 aliphatic heterocycles. The summed E-state index contributed by atoms with van der Waals surface area (Å²) >= 11 is 1.28. The highest BCUT2D eigenvalue weighted by Crippen LogP contribution is 2.33. The number of imidazole rings is 1. The number of nitrogens with one attached hydrogen (secondary N) is 2. The van der Waals surface area contributed by atoms with Crippen molar-refractivity contribution in [2.45, 2.75) is 34.9 Å². The van der Waals surface area contributed by atoms with Crippen LogP contribution in [0.3, 0.4) is 0 Å². The van der Waals surface area contributed by atoms with Crippen molar-refractivity contribution in [1.82, 2.24) is 15.4 Å². The number of aromatic amines is 1. The number of benzene rings is 2. The average Bonchev–Trinajstić information content (AvgIpc) is 3.50. The second-order valence-electron chi connectivity index (χ2n) is 7.94. The lowest BCUT2D eigenvalue weighted by atomic mass is 9.99. The van der Waals surface area contributed by atoms with Crippen LogP contribution in [0.5, 0.6) is 0 Å². The molecule has 32 heavy (non-hydrogen) atoms. The summed E-state index contributed by atoms with van der Waals surface area (Å²) in [5.41, 5.74) is 7.64. The van der Waals surface area contributed by atoms with Gasteiger partial charge >= 0.3 is 0 Å². The fraction of sp³-hybridized carbons (Fsp3) is 0.208. The number of anilines is 1. The first kappa shape index (κ1) is 20.9. The van der Waals surface area contributed by atoms with Crippen LogP contribution in [-0.4, -0.2) is 29.7 Å². The standard InChI is InChI=1S/C24H24N4O2S2/c29-32(30,24-11-6-12-31-24)23-14-19-9-4-5-10-22(19)28(16-20-15-25-17-26-20)27-21(23)13-18-7-2-1-3-8-18/h1-12,15,17,21,23,27H,13-14,16H2,(H,25,26). The number of hydrogen-bond acceptors (Lipinski definition) is 6. The monoisotopic (exact) mass is 464 g/mol. The Balaban J connectivity index is 1.58. The van der Waals surface area contributed by atoms with Crippen LogP contribution in [0.2, 0.25) is 0 Å². The van der Waals surface area contributed by atoms with Crippen molar-refractivity contribution in [1.29, 1.82) is 0 Å². The van der Waals surface area contributed by atoms with Crippen LogP contribution in [0.25, 0.3) is 0 Å². The van der Waals surface area contributed by atoms with Gasteiger partial charge in [0, 0.05) is 12.2 Å². The Kier molecular flexibility index (Phi) is 5.82. The minimum absolute atomic E-state index is 0.306. The third-order valence-electron chi connectivity index (χ3n) is 5.83. The Labute approximate surface area is 191 Å². The lowest BCUT2D eigenvalue weighted by Crippen LogP contribution is -2.52. The minimum Gasteiger partial charge on any atom is -0.347 e. The molecule has 2 N–H and O–H groups in total. The van der Waals surface area contributed by atoms with Crippen LogP contribution >= 0.6 is 11.3 Å². The van der Waals surface area contributed by atoms with Crippen LogP contribution in [0, 0.1) is 0 Å². The van der Waals surface area contributed by atoms with Gasteiger partial charge in [-0.1, -0.05) is 54.6 Å². The van der Waals surface area contributed by atoms with E-state index in [4.69, 9.17) is 0 Å². The minimum atomic E-state index is -3.53. The predicted octanol–water partition coefficient (Wildman–Crippen LogP) is 3.99. The van der Waals surface area contributed by atoms with E-state index in [1.165, 1.54) is 11.3 Å². The van der Waals surface area contributed by atoms with E-state index < -0.39 is 15.1 Å². The van der Waals surface area contributed by atoms with Crippen LogP contribution in [0.15, 0.2) is 88.8 Å². The molecule has 3 heterocycles. The lowest BCUT2D eigenvalue weighted by Gasteiger charge is -2.31. The van der Waals surface area contributed by atoms with E-state index in [2.05, 4.69) is 20.4 Å². The molecule has 1 aliphatic rings. The maximum absolute atomic E-state index is 13.8. The number of hydrazine groups is 1. The van der Waals surface area contributed by atoms with Gasteiger partial charge in [0.05, 0.1) is 29.5 Å². The number of nitrogens with zero attached hydrogens (tertiary/aromatic N) is 2. The largest absolute Gasteiger partial charge is 0.347 e. The number of rotatable bonds is 6. The van der Waals surface area contributed by atoms with Gasteiger partial charge in [0.2, 0.25) is 0 Å². The van der Waals surface area contributed by atoms with E-state index >= 15 is 0 Å². The predicted molar refractivity (Wildman–Crippen MR) is 127 cm³/mol. The molecular weight excluding hydrogens is 440 g/mol. The van der Waals surface area contributed by atoms with Crippen molar-refractivity contribution in [3.8, 4) is 0 Å². The number of H-pyrrole nitrogens is 1. The highest BCUT2D eigenvalue weighted by Gasteiger charge is 2.39. The van der Waals surface area contributed by atoms with Gasteiger partial charge in [0.15, 0.2) is 9.84 Å². The zero-order valence-electron chi connectivity index (χ0n) is 17.4. The quantitative estimate of drug-likeness (QED) is 0.451. The Morgan fingerprint density at radius 2 is 1.84 bits per heavy atom. The van der Waals surface area contributed by atoms with Gasteiger partial charge in [0.1, 0.15) is 4.21 Å². The SMILES string of the molecule is O=S(=O)(c1cccs1)C1Cc2ccccc2N(Cc2cnc[nH]2)NC1Cc1ccccc1. The maximum Gasteiger partial charge on any atom is 0.192 e. The summed E-state index contributed by atoms with van der Waals surface area (Å²) in [4.78, 5) is 7.29. The van der Waals surface area contributed by atoms with Crippen molar-refractivity contribution in [3.63, 3.8) is 0 Å². The average molecular weight is 465 g/mol. The van der Waals surface area contributed by atoms with Gasteiger partial charge < -0.3 is 9.99 Å². The van der Waals surface area contributed by atoms with Gasteiger partial charge in [-0.05, 0) is 41.5 Å². The molecule has 0 saturated heterocycles. The molecule has 2 aromatic carbocycles. The molecule has 6 nitrogen and oxygen atoms in total. The molecule has 0 fully saturated rings. The Bertz CT molecular complexity index is 1260. The molecule has 0 bridgehead atoms. The number of fused-ring (bicyclic) bond motifs is 1. The number of para-hydroxylation sites is 1. The summed E-state index contributed by atoms with van der Waals surface area (Å²) in [5.74, 6) is 0. The number of thiophene rings is 1. The smallest absolute Gasteiger partial charge is 0.192 e. The molecule has 0 radical (unpaired) electrons. The van der Waals surface area contributed by atoms with Crippen LogP contribution in [0.1, 0.15) is 16.8 Å². The number of sulfone groups is 1. The molecule has 164 valence electrons. The van der Waals surface area contributed by atoms with Gasteiger partial charge in [-0.15, -0.1) is 11.3 Å². The first-order chi connectivity index (χ1) is 15.6. The molecule has 2 atom stereocenters. The summed E-state index contributed by atoms with van der Waals surface area (Å²) in [6.45, 7) is 0.550. The Morgan fingerprint density at radius 3 is 2.59 bits per heavy atom. The lowest BCUT2D eigenvalue weighted by molar-refractivity contribution is 0.457. The molecule has 0 aliphatic carbocycles. The van der Waals surface area contributed by atoms with Crippen LogP contribution < -0.4 is 10.4 Å². The third kappa shape index (κ3) is 4.21. The van der Waals surface area contributed by atoms with Crippen molar-refractivity contribution in [2.24, 2.45) is 0 Å². The topological polar surface area (TPSA) is 78.1 Å². The Morgan fingerprint density at radius 1 is 1.03 bits per heavy atom. The molecule has 8 heteroatoms. The molecule has 0 spiro atoms. The molecule has 4 aromatic rings. The van der Waals surface area contributed by atoms with E-state index in [0.717, 1.165) is 22.5 Å². The van der Waals surface area contributed by atoms with Crippen molar-refractivity contribution in [3.05, 3.63) is 101 Å². The van der Waals surface area contributed by atoms with Gasteiger partial charge in [-0.2, -0.15) is 0 Å². The normalized spacial score (nSPS) is 18.8. The molecule has 0 amide bonds. The fourth-order valence-electron chi connectivity index (χ4n) is 4.28. The van der Waals surface area contributed by atoms with Crippen LogP contribution in [-0.2, 0) is 29.2 Å². The molecule has 0 saturated carbocycles. The van der Waals surface area contributed by atoms with E-state index in [-0.39, 0.29) is 6.04 Å².